The van der Waals surface area contributed by atoms with Gasteiger partial charge >= 0.3 is 0 Å². The van der Waals surface area contributed by atoms with E-state index in [1.165, 1.54) is 0 Å². The molecule has 0 amide bonds. The molecular formula is C10H15N3O. The van der Waals surface area contributed by atoms with Crippen molar-refractivity contribution in [1.29, 1.82) is 0 Å². The van der Waals surface area contributed by atoms with Crippen LogP contribution < -0.4 is 4.90 Å². The van der Waals surface area contributed by atoms with Crippen LogP contribution in [0.1, 0.15) is 19.8 Å². The van der Waals surface area contributed by atoms with Crippen LogP contribution in [0, 0.1) is 0 Å². The molecule has 2 heterocycles. The molecule has 1 saturated heterocycles. The minimum atomic E-state index is 0.379. The van der Waals surface area contributed by atoms with E-state index in [4.69, 9.17) is 0 Å². The first-order valence-corrected chi connectivity index (χ1v) is 5.08. The van der Waals surface area contributed by atoms with Crippen molar-refractivity contribution in [2.24, 2.45) is 0 Å². The van der Waals surface area contributed by atoms with Gasteiger partial charge in [0.25, 0.3) is 0 Å². The average molecular weight is 193 g/mol. The second-order valence-corrected chi connectivity index (χ2v) is 3.58. The van der Waals surface area contributed by atoms with E-state index in [1.54, 1.807) is 0 Å². The molecule has 0 N–H and O–H groups in total. The number of Topliss-reactive ketones (excluding diaryl/α,β-unsaturated/α-hetero) is 1. The Labute approximate surface area is 83.5 Å². The van der Waals surface area contributed by atoms with Gasteiger partial charge in [0.2, 0.25) is 0 Å². The zero-order valence-corrected chi connectivity index (χ0v) is 8.44. The van der Waals surface area contributed by atoms with Crippen molar-refractivity contribution in [2.45, 2.75) is 26.3 Å². The molecule has 1 aliphatic heterocycles. The Kier molecular flexibility index (Phi) is 2.52. The van der Waals surface area contributed by atoms with E-state index in [-0.39, 0.29) is 0 Å². The lowest BCUT2D eigenvalue weighted by atomic mass is 10.1. The maximum Gasteiger partial charge on any atom is 0.136 e. The van der Waals surface area contributed by atoms with Crippen molar-refractivity contribution in [3.8, 4) is 0 Å². The number of aryl methyl sites for hydroxylation is 1. The largest absolute Gasteiger partial charge is 0.368 e. The van der Waals surface area contributed by atoms with Gasteiger partial charge in [0.1, 0.15) is 5.78 Å². The zero-order valence-electron chi connectivity index (χ0n) is 8.44. The number of hydrogen-bond acceptors (Lipinski definition) is 3. The summed E-state index contributed by atoms with van der Waals surface area (Å²) in [5, 5.41) is 4.22. The van der Waals surface area contributed by atoms with Gasteiger partial charge in [-0.05, 0) is 6.92 Å². The fourth-order valence-electron chi connectivity index (χ4n) is 1.70. The molecule has 0 bridgehead atoms. The van der Waals surface area contributed by atoms with E-state index in [1.807, 2.05) is 17.1 Å². The van der Waals surface area contributed by atoms with Crippen molar-refractivity contribution in [3.05, 3.63) is 12.4 Å². The third kappa shape index (κ3) is 1.78. The van der Waals surface area contributed by atoms with Crippen LogP contribution in [0.25, 0.3) is 0 Å². The summed E-state index contributed by atoms with van der Waals surface area (Å²) in [7, 11) is 0. The van der Waals surface area contributed by atoms with Gasteiger partial charge in [-0.3, -0.25) is 9.48 Å². The number of anilines is 1. The van der Waals surface area contributed by atoms with Gasteiger partial charge in [0.05, 0.1) is 11.9 Å². The molecule has 4 heteroatoms. The lowest BCUT2D eigenvalue weighted by Gasteiger charge is -2.26. The topological polar surface area (TPSA) is 38.1 Å². The number of hydrogen-bond donors (Lipinski definition) is 0. The van der Waals surface area contributed by atoms with Crippen LogP contribution in [-0.4, -0.2) is 28.7 Å². The van der Waals surface area contributed by atoms with Crippen LogP contribution in [-0.2, 0) is 11.3 Å². The van der Waals surface area contributed by atoms with Crippen molar-refractivity contribution >= 4 is 11.5 Å². The van der Waals surface area contributed by atoms with Crippen LogP contribution >= 0.6 is 0 Å². The summed E-state index contributed by atoms with van der Waals surface area (Å²) >= 11 is 0. The summed E-state index contributed by atoms with van der Waals surface area (Å²) in [6, 6.07) is 0. The minimum absolute atomic E-state index is 0.379. The Balaban J connectivity index is 2.04. The number of carbonyl (C=O) groups excluding carboxylic acids is 1. The summed E-state index contributed by atoms with van der Waals surface area (Å²) in [4.78, 5) is 13.3. The Hall–Kier alpha value is -1.32. The highest BCUT2D eigenvalue weighted by atomic mass is 16.1. The molecule has 0 aliphatic carbocycles. The van der Waals surface area contributed by atoms with Gasteiger partial charge in [-0.25, -0.2) is 0 Å². The molecule has 1 fully saturated rings. The van der Waals surface area contributed by atoms with Crippen LogP contribution in [0.5, 0.6) is 0 Å². The molecule has 76 valence electrons. The number of rotatable bonds is 2. The minimum Gasteiger partial charge on any atom is -0.368 e. The molecule has 1 aliphatic rings. The second-order valence-electron chi connectivity index (χ2n) is 3.58. The maximum atomic E-state index is 11.1. The normalized spacial score (nSPS) is 17.5. The van der Waals surface area contributed by atoms with E-state index in [9.17, 15) is 4.79 Å². The molecule has 0 unspecified atom stereocenters. The molecule has 4 nitrogen and oxygen atoms in total. The van der Waals surface area contributed by atoms with Gasteiger partial charge in [-0.2, -0.15) is 5.10 Å². The molecule has 0 spiro atoms. The van der Waals surface area contributed by atoms with Crippen molar-refractivity contribution in [3.63, 3.8) is 0 Å². The van der Waals surface area contributed by atoms with E-state index in [0.29, 0.717) is 18.6 Å². The van der Waals surface area contributed by atoms with E-state index in [2.05, 4.69) is 16.9 Å². The van der Waals surface area contributed by atoms with Gasteiger partial charge in [-0.1, -0.05) is 0 Å². The van der Waals surface area contributed by atoms with Crippen molar-refractivity contribution in [1.82, 2.24) is 9.78 Å². The molecule has 0 atom stereocenters. The first-order valence-electron chi connectivity index (χ1n) is 5.08. The Morgan fingerprint density at radius 2 is 2.14 bits per heavy atom. The Morgan fingerprint density at radius 1 is 1.43 bits per heavy atom. The first kappa shape index (κ1) is 9.24. The standard InChI is InChI=1S/C10H15N3O/c1-2-13-8-9(7-11-13)12-5-3-10(14)4-6-12/h7-8H,2-6H2,1H3. The molecule has 14 heavy (non-hydrogen) atoms. The zero-order chi connectivity index (χ0) is 9.97. The highest BCUT2D eigenvalue weighted by Crippen LogP contribution is 2.17. The third-order valence-corrected chi connectivity index (χ3v) is 2.63. The van der Waals surface area contributed by atoms with E-state index < -0.39 is 0 Å². The maximum absolute atomic E-state index is 11.1. The number of ketones is 1. The lowest BCUT2D eigenvalue weighted by molar-refractivity contribution is -0.119. The molecule has 2 rings (SSSR count). The number of nitrogens with zero attached hydrogens (tertiary/aromatic N) is 3. The molecule has 0 radical (unpaired) electrons. The van der Waals surface area contributed by atoms with Gasteiger partial charge < -0.3 is 4.90 Å². The SMILES string of the molecule is CCn1cc(N2CCC(=O)CC2)cn1. The van der Waals surface area contributed by atoms with Gasteiger partial charge in [0.15, 0.2) is 0 Å². The molecule has 0 aromatic carbocycles. The smallest absolute Gasteiger partial charge is 0.136 e. The second kappa shape index (κ2) is 3.82. The third-order valence-electron chi connectivity index (χ3n) is 2.63. The Morgan fingerprint density at radius 3 is 2.71 bits per heavy atom. The van der Waals surface area contributed by atoms with Crippen molar-refractivity contribution in [2.75, 3.05) is 18.0 Å². The highest BCUT2D eigenvalue weighted by molar-refractivity contribution is 5.80. The summed E-state index contributed by atoms with van der Waals surface area (Å²) in [5.41, 5.74) is 1.14. The summed E-state index contributed by atoms with van der Waals surface area (Å²) in [6.45, 7) is 4.64. The number of piperidine rings is 1. The molecule has 0 saturated carbocycles. The first-order chi connectivity index (χ1) is 6.79. The van der Waals surface area contributed by atoms with Crippen LogP contribution in [0.4, 0.5) is 5.69 Å². The predicted octanol–water partition coefficient (Wildman–Crippen LogP) is 1.07. The quantitative estimate of drug-likeness (QED) is 0.705. The summed E-state index contributed by atoms with van der Waals surface area (Å²) in [5.74, 6) is 0.379. The molecule has 1 aromatic heterocycles. The number of aromatic nitrogens is 2. The van der Waals surface area contributed by atoms with Gasteiger partial charge in [-0.15, -0.1) is 0 Å². The van der Waals surface area contributed by atoms with E-state index in [0.717, 1.165) is 25.3 Å². The monoisotopic (exact) mass is 193 g/mol. The van der Waals surface area contributed by atoms with Crippen LogP contribution in [0.3, 0.4) is 0 Å². The molecule has 1 aromatic rings. The van der Waals surface area contributed by atoms with Crippen LogP contribution in [0.2, 0.25) is 0 Å². The summed E-state index contributed by atoms with van der Waals surface area (Å²) in [6.07, 6.45) is 5.27. The molecular weight excluding hydrogens is 178 g/mol. The highest BCUT2D eigenvalue weighted by Gasteiger charge is 2.17. The number of carbonyl (C=O) groups is 1. The van der Waals surface area contributed by atoms with Crippen LogP contribution in [0.15, 0.2) is 12.4 Å². The Bertz CT molecular complexity index is 322. The fourth-order valence-corrected chi connectivity index (χ4v) is 1.70. The lowest BCUT2D eigenvalue weighted by Crippen LogP contribution is -2.33. The van der Waals surface area contributed by atoms with Crippen molar-refractivity contribution < 1.29 is 4.79 Å². The summed E-state index contributed by atoms with van der Waals surface area (Å²) < 4.78 is 1.91. The fraction of sp³-hybridized carbons (Fsp3) is 0.600. The predicted molar refractivity (Wildman–Crippen MR) is 54.4 cm³/mol. The van der Waals surface area contributed by atoms with E-state index >= 15 is 0 Å². The average Bonchev–Trinajstić information content (AvgIpc) is 2.67. The van der Waals surface area contributed by atoms with Gasteiger partial charge in [0, 0.05) is 38.7 Å².